The molecular formula is C24H23ClN2O3. The number of aromatic hydroxyl groups is 1. The Morgan fingerprint density at radius 1 is 1.10 bits per heavy atom. The lowest BCUT2D eigenvalue weighted by Crippen LogP contribution is -2.25. The van der Waals surface area contributed by atoms with Crippen LogP contribution in [0.5, 0.6) is 11.5 Å². The molecule has 0 radical (unpaired) electrons. The van der Waals surface area contributed by atoms with Gasteiger partial charge in [-0.05, 0) is 60.7 Å². The van der Waals surface area contributed by atoms with Crippen LogP contribution in [0, 0.1) is 13.8 Å². The number of carbonyl (C=O) groups excluding carboxylic acids is 1. The Bertz CT molecular complexity index is 1060. The molecule has 30 heavy (non-hydrogen) atoms. The molecule has 0 aliphatic carbocycles. The predicted octanol–water partition coefficient (Wildman–Crippen LogP) is 4.78. The highest BCUT2D eigenvalue weighted by molar-refractivity contribution is 6.31. The molecule has 0 aliphatic rings. The number of rotatable bonds is 7. The predicted molar refractivity (Wildman–Crippen MR) is 120 cm³/mol. The van der Waals surface area contributed by atoms with Crippen molar-refractivity contribution in [1.82, 2.24) is 5.43 Å². The van der Waals surface area contributed by atoms with Gasteiger partial charge in [0.25, 0.3) is 5.91 Å². The van der Waals surface area contributed by atoms with Crippen molar-refractivity contribution in [2.75, 3.05) is 6.61 Å². The lowest BCUT2D eigenvalue weighted by Gasteiger charge is -2.10. The molecule has 3 aromatic carbocycles. The first-order chi connectivity index (χ1) is 14.4. The number of hydrazone groups is 1. The fourth-order valence-electron chi connectivity index (χ4n) is 3.05. The van der Waals surface area contributed by atoms with Crippen LogP contribution in [-0.2, 0) is 11.2 Å². The first kappa shape index (κ1) is 21.4. The van der Waals surface area contributed by atoms with Crippen LogP contribution in [0.2, 0.25) is 5.02 Å². The molecule has 0 unspecified atom stereocenters. The zero-order valence-electron chi connectivity index (χ0n) is 16.9. The van der Waals surface area contributed by atoms with E-state index in [9.17, 15) is 9.90 Å². The number of phenolic OH excluding ortho intramolecular Hbond substituents is 1. The summed E-state index contributed by atoms with van der Waals surface area (Å²) in [6.45, 7) is 3.70. The highest BCUT2D eigenvalue weighted by Gasteiger charge is 2.07. The summed E-state index contributed by atoms with van der Waals surface area (Å²) in [5.41, 5.74) is 6.80. The third-order valence-electron chi connectivity index (χ3n) is 4.59. The third-order valence-corrected chi connectivity index (χ3v) is 4.96. The number of hydrogen-bond acceptors (Lipinski definition) is 4. The molecule has 2 N–H and O–H groups in total. The minimum atomic E-state index is -0.388. The Labute approximate surface area is 181 Å². The van der Waals surface area contributed by atoms with Crippen molar-refractivity contribution in [1.29, 1.82) is 0 Å². The molecule has 1 amide bonds. The summed E-state index contributed by atoms with van der Waals surface area (Å²) < 4.78 is 5.60. The molecule has 6 heteroatoms. The average Bonchev–Trinajstić information content (AvgIpc) is 2.71. The van der Waals surface area contributed by atoms with Gasteiger partial charge in [0.05, 0.1) is 6.21 Å². The topological polar surface area (TPSA) is 70.9 Å². The Balaban J connectivity index is 1.60. The molecule has 0 aromatic heterocycles. The summed E-state index contributed by atoms with van der Waals surface area (Å²) >= 11 is 6.22. The molecule has 0 heterocycles. The van der Waals surface area contributed by atoms with Crippen LogP contribution in [0.1, 0.15) is 27.8 Å². The van der Waals surface area contributed by atoms with Crippen LogP contribution in [0.15, 0.2) is 65.8 Å². The second kappa shape index (κ2) is 9.94. The SMILES string of the molecule is Cc1cccc(C)c1OCC(=O)NN=Cc1cc(Cc2ccccc2Cl)ccc1O. The van der Waals surface area contributed by atoms with E-state index in [4.69, 9.17) is 16.3 Å². The fraction of sp³-hybridized carbons (Fsp3) is 0.167. The number of benzene rings is 3. The Hall–Kier alpha value is -3.31. The van der Waals surface area contributed by atoms with Gasteiger partial charge in [-0.1, -0.05) is 54.1 Å². The Morgan fingerprint density at radius 3 is 2.57 bits per heavy atom. The standard InChI is InChI=1S/C24H23ClN2O3/c1-16-6-5-7-17(2)24(16)30-15-23(29)27-26-14-20-13-18(10-11-22(20)28)12-19-8-3-4-9-21(19)25/h3-11,13-14,28H,12,15H2,1-2H3,(H,27,29). The van der Waals surface area contributed by atoms with Gasteiger partial charge >= 0.3 is 0 Å². The zero-order chi connectivity index (χ0) is 21.5. The maximum Gasteiger partial charge on any atom is 0.277 e. The number of amides is 1. The summed E-state index contributed by atoms with van der Waals surface area (Å²) in [5, 5.41) is 14.7. The molecule has 3 rings (SSSR count). The first-order valence-electron chi connectivity index (χ1n) is 9.50. The molecule has 5 nitrogen and oxygen atoms in total. The Morgan fingerprint density at radius 2 is 1.83 bits per heavy atom. The number of hydrogen-bond donors (Lipinski definition) is 2. The van der Waals surface area contributed by atoms with Crippen molar-refractivity contribution in [2.45, 2.75) is 20.3 Å². The smallest absolute Gasteiger partial charge is 0.277 e. The minimum Gasteiger partial charge on any atom is -0.507 e. The van der Waals surface area contributed by atoms with E-state index in [-0.39, 0.29) is 18.3 Å². The highest BCUT2D eigenvalue weighted by atomic mass is 35.5. The monoisotopic (exact) mass is 422 g/mol. The molecule has 154 valence electrons. The second-order valence-corrected chi connectivity index (χ2v) is 7.37. The van der Waals surface area contributed by atoms with E-state index < -0.39 is 0 Å². The second-order valence-electron chi connectivity index (χ2n) is 6.96. The van der Waals surface area contributed by atoms with Gasteiger partial charge in [0.15, 0.2) is 6.61 Å². The van der Waals surface area contributed by atoms with Crippen LogP contribution < -0.4 is 10.2 Å². The molecule has 0 aliphatic heterocycles. The number of ether oxygens (including phenoxy) is 1. The van der Waals surface area contributed by atoms with Crippen LogP contribution >= 0.6 is 11.6 Å². The van der Waals surface area contributed by atoms with Crippen molar-refractivity contribution in [3.8, 4) is 11.5 Å². The zero-order valence-corrected chi connectivity index (χ0v) is 17.6. The maximum absolute atomic E-state index is 12.0. The lowest BCUT2D eigenvalue weighted by atomic mass is 10.0. The van der Waals surface area contributed by atoms with Crippen molar-refractivity contribution >= 4 is 23.7 Å². The molecule has 0 bridgehead atoms. The number of aryl methyl sites for hydroxylation is 2. The van der Waals surface area contributed by atoms with E-state index in [0.29, 0.717) is 22.8 Å². The summed E-state index contributed by atoms with van der Waals surface area (Å²) in [6, 6.07) is 18.6. The summed E-state index contributed by atoms with van der Waals surface area (Å²) in [6.07, 6.45) is 2.03. The van der Waals surface area contributed by atoms with Crippen LogP contribution in [0.4, 0.5) is 0 Å². The summed E-state index contributed by atoms with van der Waals surface area (Å²) in [7, 11) is 0. The van der Waals surface area contributed by atoms with E-state index in [2.05, 4.69) is 10.5 Å². The largest absolute Gasteiger partial charge is 0.507 e. The fourth-order valence-corrected chi connectivity index (χ4v) is 3.25. The van der Waals surface area contributed by atoms with Crippen LogP contribution in [0.25, 0.3) is 0 Å². The van der Waals surface area contributed by atoms with Crippen molar-refractivity contribution in [3.63, 3.8) is 0 Å². The quantitative estimate of drug-likeness (QED) is 0.425. The normalized spacial score (nSPS) is 10.9. The van der Waals surface area contributed by atoms with E-state index in [1.165, 1.54) is 6.21 Å². The van der Waals surface area contributed by atoms with Gasteiger partial charge < -0.3 is 9.84 Å². The number of phenols is 1. The third kappa shape index (κ3) is 5.61. The van der Waals surface area contributed by atoms with Gasteiger partial charge in [-0.2, -0.15) is 5.10 Å². The van der Waals surface area contributed by atoms with Gasteiger partial charge in [-0.15, -0.1) is 0 Å². The Kier molecular flexibility index (Phi) is 7.09. The molecule has 0 fully saturated rings. The van der Waals surface area contributed by atoms with E-state index in [0.717, 1.165) is 22.3 Å². The maximum atomic E-state index is 12.0. The summed E-state index contributed by atoms with van der Waals surface area (Å²) in [4.78, 5) is 12.0. The van der Waals surface area contributed by atoms with E-state index in [1.54, 1.807) is 6.07 Å². The van der Waals surface area contributed by atoms with Gasteiger partial charge in [0.1, 0.15) is 11.5 Å². The van der Waals surface area contributed by atoms with Crippen molar-refractivity contribution in [3.05, 3.63) is 93.5 Å². The van der Waals surface area contributed by atoms with Gasteiger partial charge in [0, 0.05) is 10.6 Å². The van der Waals surface area contributed by atoms with Gasteiger partial charge in [0.2, 0.25) is 0 Å². The molecule has 0 saturated carbocycles. The van der Waals surface area contributed by atoms with Crippen LogP contribution in [0.3, 0.4) is 0 Å². The first-order valence-corrected chi connectivity index (χ1v) is 9.88. The molecule has 0 atom stereocenters. The van der Waals surface area contributed by atoms with Crippen molar-refractivity contribution in [2.24, 2.45) is 5.10 Å². The van der Waals surface area contributed by atoms with E-state index in [1.807, 2.05) is 68.4 Å². The lowest BCUT2D eigenvalue weighted by molar-refractivity contribution is -0.123. The van der Waals surface area contributed by atoms with Gasteiger partial charge in [-0.25, -0.2) is 5.43 Å². The molecule has 0 saturated heterocycles. The number of nitrogens with zero attached hydrogens (tertiary/aromatic N) is 1. The van der Waals surface area contributed by atoms with E-state index >= 15 is 0 Å². The molecule has 3 aromatic rings. The number of carbonyl (C=O) groups is 1. The molecule has 0 spiro atoms. The molecular weight excluding hydrogens is 400 g/mol. The average molecular weight is 423 g/mol. The van der Waals surface area contributed by atoms with Gasteiger partial charge in [-0.3, -0.25) is 4.79 Å². The number of halogens is 1. The minimum absolute atomic E-state index is 0.0719. The summed E-state index contributed by atoms with van der Waals surface area (Å²) in [5.74, 6) is 0.379. The number of para-hydroxylation sites is 1. The highest BCUT2D eigenvalue weighted by Crippen LogP contribution is 2.23. The number of nitrogens with one attached hydrogen (secondary N) is 1. The van der Waals surface area contributed by atoms with Crippen molar-refractivity contribution < 1.29 is 14.6 Å². The van der Waals surface area contributed by atoms with Crippen LogP contribution in [-0.4, -0.2) is 23.8 Å².